The number of hydrogen-bond donors (Lipinski definition) is 1. The fourth-order valence-electron chi connectivity index (χ4n) is 3.44. The number of hydrogen-bond acceptors (Lipinski definition) is 4. The molecule has 1 N–H and O–H groups in total. The van der Waals surface area contributed by atoms with Gasteiger partial charge in [-0.1, -0.05) is 12.1 Å². The van der Waals surface area contributed by atoms with Crippen molar-refractivity contribution in [3.05, 3.63) is 59.4 Å². The Morgan fingerprint density at radius 1 is 1.23 bits per heavy atom. The number of ether oxygens (including phenoxy) is 1. The third kappa shape index (κ3) is 3.75. The maximum absolute atomic E-state index is 12.6. The molecular formula is C20H21N3O3. The summed E-state index contributed by atoms with van der Waals surface area (Å²) in [7, 11) is 0. The first-order valence-electron chi connectivity index (χ1n) is 8.87. The molecule has 1 aromatic heterocycles. The van der Waals surface area contributed by atoms with Crippen LogP contribution in [0.3, 0.4) is 0 Å². The van der Waals surface area contributed by atoms with Gasteiger partial charge < -0.3 is 15.0 Å². The molecule has 1 unspecified atom stereocenters. The van der Waals surface area contributed by atoms with Crippen LogP contribution in [-0.2, 0) is 33.8 Å². The van der Waals surface area contributed by atoms with Crippen LogP contribution < -0.4 is 5.32 Å². The first-order chi connectivity index (χ1) is 12.7. The van der Waals surface area contributed by atoms with E-state index >= 15 is 0 Å². The van der Waals surface area contributed by atoms with Gasteiger partial charge in [-0.25, -0.2) is 0 Å². The zero-order chi connectivity index (χ0) is 17.9. The number of aromatic nitrogens is 1. The van der Waals surface area contributed by atoms with Crippen molar-refractivity contribution >= 4 is 17.5 Å². The van der Waals surface area contributed by atoms with Crippen LogP contribution in [0.15, 0.2) is 42.7 Å². The number of anilines is 1. The van der Waals surface area contributed by atoms with E-state index in [1.54, 1.807) is 12.4 Å². The molecule has 26 heavy (non-hydrogen) atoms. The van der Waals surface area contributed by atoms with Gasteiger partial charge in [-0.15, -0.1) is 0 Å². The Bertz CT molecular complexity index is 822. The fraction of sp³-hybridized carbons (Fsp3) is 0.350. The summed E-state index contributed by atoms with van der Waals surface area (Å²) in [5.74, 6) is 0.112. The van der Waals surface area contributed by atoms with Crippen molar-refractivity contribution in [3.63, 3.8) is 0 Å². The quantitative estimate of drug-likeness (QED) is 0.894. The summed E-state index contributed by atoms with van der Waals surface area (Å²) in [5, 5.41) is 2.83. The third-order valence-corrected chi connectivity index (χ3v) is 4.89. The van der Waals surface area contributed by atoms with Gasteiger partial charge in [-0.2, -0.15) is 0 Å². The lowest BCUT2D eigenvalue weighted by molar-refractivity contribution is -0.130. The van der Waals surface area contributed by atoms with E-state index in [0.717, 1.165) is 35.3 Å². The molecule has 1 atom stereocenters. The maximum Gasteiger partial charge on any atom is 0.228 e. The number of likely N-dealkylation sites (tertiary alicyclic amines) is 1. The smallest absolute Gasteiger partial charge is 0.228 e. The Kier molecular flexibility index (Phi) is 4.67. The van der Waals surface area contributed by atoms with Crippen LogP contribution >= 0.6 is 0 Å². The molecule has 2 aromatic rings. The largest absolute Gasteiger partial charge is 0.372 e. The minimum Gasteiger partial charge on any atom is -0.372 e. The molecule has 2 aliphatic rings. The Labute approximate surface area is 152 Å². The van der Waals surface area contributed by atoms with E-state index in [-0.39, 0.29) is 17.9 Å². The zero-order valence-electron chi connectivity index (χ0n) is 14.5. The van der Waals surface area contributed by atoms with Gasteiger partial charge in [0, 0.05) is 31.2 Å². The molecular weight excluding hydrogens is 330 g/mol. The Hall–Kier alpha value is -2.73. The average molecular weight is 351 g/mol. The van der Waals surface area contributed by atoms with Gasteiger partial charge in [0.05, 0.1) is 25.6 Å². The van der Waals surface area contributed by atoms with Crippen LogP contribution in [0.25, 0.3) is 0 Å². The second-order valence-corrected chi connectivity index (χ2v) is 6.81. The van der Waals surface area contributed by atoms with Crippen LogP contribution in [0.1, 0.15) is 23.1 Å². The highest BCUT2D eigenvalue weighted by Gasteiger charge is 2.27. The van der Waals surface area contributed by atoms with Crippen LogP contribution in [0.2, 0.25) is 0 Å². The van der Waals surface area contributed by atoms with Gasteiger partial charge in [0.25, 0.3) is 0 Å². The highest BCUT2D eigenvalue weighted by Crippen LogP contribution is 2.25. The van der Waals surface area contributed by atoms with Crippen molar-refractivity contribution in [3.8, 4) is 0 Å². The van der Waals surface area contributed by atoms with Crippen molar-refractivity contribution in [2.45, 2.75) is 32.0 Å². The van der Waals surface area contributed by atoms with Gasteiger partial charge in [0.1, 0.15) is 0 Å². The molecule has 0 radical (unpaired) electrons. The number of amides is 2. The van der Waals surface area contributed by atoms with Crippen molar-refractivity contribution < 1.29 is 14.3 Å². The molecule has 1 saturated heterocycles. The summed E-state index contributed by atoms with van der Waals surface area (Å²) in [5.41, 5.74) is 3.85. The van der Waals surface area contributed by atoms with E-state index in [0.29, 0.717) is 26.0 Å². The minimum absolute atomic E-state index is 0.0113. The SMILES string of the molecule is O=C1Cc2ccc(CC(=O)N3CCC(OCc4ccncc4)C3)cc2N1. The molecule has 0 bridgehead atoms. The number of pyridine rings is 1. The van der Waals surface area contributed by atoms with E-state index < -0.39 is 0 Å². The number of fused-ring (bicyclic) bond motifs is 1. The molecule has 6 heteroatoms. The van der Waals surface area contributed by atoms with Crippen LogP contribution in [0.4, 0.5) is 5.69 Å². The minimum atomic E-state index is 0.0113. The standard InChI is InChI=1S/C20H21N3O3/c24-19-11-16-2-1-15(9-18(16)22-19)10-20(25)23-8-5-17(12-23)26-13-14-3-6-21-7-4-14/h1-4,6-7,9,17H,5,8,10-13H2,(H,22,24). The zero-order valence-corrected chi connectivity index (χ0v) is 14.5. The maximum atomic E-state index is 12.6. The second-order valence-electron chi connectivity index (χ2n) is 6.81. The highest BCUT2D eigenvalue weighted by molar-refractivity contribution is 5.99. The normalized spacial score (nSPS) is 18.7. The molecule has 1 aromatic carbocycles. The Morgan fingerprint density at radius 3 is 2.92 bits per heavy atom. The van der Waals surface area contributed by atoms with Gasteiger partial charge in [0.15, 0.2) is 0 Å². The summed E-state index contributed by atoms with van der Waals surface area (Å²) < 4.78 is 5.92. The van der Waals surface area contributed by atoms with E-state index in [9.17, 15) is 9.59 Å². The highest BCUT2D eigenvalue weighted by atomic mass is 16.5. The summed E-state index contributed by atoms with van der Waals surface area (Å²) >= 11 is 0. The summed E-state index contributed by atoms with van der Waals surface area (Å²) in [6.07, 6.45) is 5.21. The second kappa shape index (κ2) is 7.25. The number of carbonyl (C=O) groups excluding carboxylic acids is 2. The van der Waals surface area contributed by atoms with Gasteiger partial charge in [-0.05, 0) is 41.3 Å². The number of nitrogens with zero attached hydrogens (tertiary/aromatic N) is 2. The molecule has 1 fully saturated rings. The number of carbonyl (C=O) groups is 2. The van der Waals surface area contributed by atoms with Gasteiger partial charge in [0.2, 0.25) is 11.8 Å². The topological polar surface area (TPSA) is 71.5 Å². The predicted octanol–water partition coefficient (Wildman–Crippen LogP) is 1.94. The fourth-order valence-corrected chi connectivity index (χ4v) is 3.44. The Balaban J connectivity index is 1.29. The lowest BCUT2D eigenvalue weighted by atomic mass is 10.1. The van der Waals surface area contributed by atoms with E-state index in [4.69, 9.17) is 4.74 Å². The average Bonchev–Trinajstić information content (AvgIpc) is 3.26. The van der Waals surface area contributed by atoms with Gasteiger partial charge in [-0.3, -0.25) is 14.6 Å². The van der Waals surface area contributed by atoms with Crippen LogP contribution in [0, 0.1) is 0 Å². The number of benzene rings is 1. The van der Waals surface area contributed by atoms with Crippen LogP contribution in [-0.4, -0.2) is 40.9 Å². The van der Waals surface area contributed by atoms with E-state index in [1.165, 1.54) is 0 Å². The number of nitrogens with one attached hydrogen (secondary N) is 1. The molecule has 0 saturated carbocycles. The third-order valence-electron chi connectivity index (χ3n) is 4.89. The lowest BCUT2D eigenvalue weighted by Crippen LogP contribution is -2.31. The van der Waals surface area contributed by atoms with E-state index in [1.807, 2.05) is 35.2 Å². The van der Waals surface area contributed by atoms with Crippen molar-refractivity contribution in [1.82, 2.24) is 9.88 Å². The summed E-state index contributed by atoms with van der Waals surface area (Å²) in [6, 6.07) is 9.64. The molecule has 4 rings (SSSR count). The van der Waals surface area contributed by atoms with Gasteiger partial charge >= 0.3 is 0 Å². The first-order valence-corrected chi connectivity index (χ1v) is 8.87. The molecule has 6 nitrogen and oxygen atoms in total. The summed E-state index contributed by atoms with van der Waals surface area (Å²) in [6.45, 7) is 1.90. The molecule has 134 valence electrons. The van der Waals surface area contributed by atoms with E-state index in [2.05, 4.69) is 10.3 Å². The van der Waals surface area contributed by atoms with Crippen molar-refractivity contribution in [2.75, 3.05) is 18.4 Å². The monoisotopic (exact) mass is 351 g/mol. The number of rotatable bonds is 5. The molecule has 2 amide bonds. The first kappa shape index (κ1) is 16.7. The lowest BCUT2D eigenvalue weighted by Gasteiger charge is -2.17. The van der Waals surface area contributed by atoms with Crippen molar-refractivity contribution in [2.24, 2.45) is 0 Å². The van der Waals surface area contributed by atoms with Crippen molar-refractivity contribution in [1.29, 1.82) is 0 Å². The molecule has 0 spiro atoms. The summed E-state index contributed by atoms with van der Waals surface area (Å²) in [4.78, 5) is 29.9. The Morgan fingerprint density at radius 2 is 2.08 bits per heavy atom. The predicted molar refractivity (Wildman–Crippen MR) is 96.5 cm³/mol. The van der Waals surface area contributed by atoms with Crippen LogP contribution in [0.5, 0.6) is 0 Å². The molecule has 0 aliphatic carbocycles. The molecule has 2 aliphatic heterocycles. The molecule has 3 heterocycles.